The van der Waals surface area contributed by atoms with E-state index in [0.29, 0.717) is 50.2 Å². The molecule has 2 amide bonds. The van der Waals surface area contributed by atoms with Crippen molar-refractivity contribution in [3.8, 4) is 0 Å². The molecule has 0 saturated carbocycles. The topological polar surface area (TPSA) is 69.9 Å². The second-order valence-electron chi connectivity index (χ2n) is 9.45. The van der Waals surface area contributed by atoms with Crippen LogP contribution in [0.3, 0.4) is 0 Å². The Kier molecular flexibility index (Phi) is 7.98. The van der Waals surface area contributed by atoms with Gasteiger partial charge < -0.3 is 14.2 Å². The van der Waals surface area contributed by atoms with Crippen molar-refractivity contribution in [2.75, 3.05) is 26.2 Å². The van der Waals surface area contributed by atoms with Gasteiger partial charge in [0, 0.05) is 46.2 Å². The molecule has 0 aliphatic carbocycles. The average Bonchev–Trinajstić information content (AvgIpc) is 3.33. The minimum Gasteiger partial charge on any atom is -0.447 e. The number of carbonyl (C=O) groups is 2. The third-order valence-electron chi connectivity index (χ3n) is 6.44. The van der Waals surface area contributed by atoms with Crippen LogP contribution in [0.25, 0.3) is 0 Å². The first kappa shape index (κ1) is 24.7. The molecule has 0 N–H and O–H groups in total. The fraction of sp³-hybridized carbons (Fsp3) is 0.393. The van der Waals surface area contributed by atoms with Crippen molar-refractivity contribution in [3.05, 3.63) is 89.1 Å². The zero-order valence-corrected chi connectivity index (χ0v) is 20.8. The predicted octanol–water partition coefficient (Wildman–Crippen LogP) is 4.30. The number of aromatic nitrogens is 1. The number of piperazine rings is 1. The van der Waals surface area contributed by atoms with Gasteiger partial charge in [-0.3, -0.25) is 14.5 Å². The SMILES string of the molecule is CC(=O)N1CCN(C(=O)c2coc(CN(Cc3ccccc3)Cc3ccc(C(C)C)cc3)n2)CC1. The molecule has 7 nitrogen and oxygen atoms in total. The smallest absolute Gasteiger partial charge is 0.275 e. The molecule has 1 aliphatic heterocycles. The Morgan fingerprint density at radius 1 is 0.886 bits per heavy atom. The van der Waals surface area contributed by atoms with Gasteiger partial charge in [-0.1, -0.05) is 68.4 Å². The monoisotopic (exact) mass is 474 g/mol. The van der Waals surface area contributed by atoms with Gasteiger partial charge >= 0.3 is 0 Å². The molecule has 2 aromatic carbocycles. The van der Waals surface area contributed by atoms with Gasteiger partial charge in [-0.2, -0.15) is 0 Å². The molecular weight excluding hydrogens is 440 g/mol. The van der Waals surface area contributed by atoms with Crippen LogP contribution in [0.1, 0.15) is 59.8 Å². The van der Waals surface area contributed by atoms with Crippen LogP contribution in [0.4, 0.5) is 0 Å². The van der Waals surface area contributed by atoms with Gasteiger partial charge in [-0.05, 0) is 22.6 Å². The number of rotatable bonds is 8. The number of hydrogen-bond donors (Lipinski definition) is 0. The lowest BCUT2D eigenvalue weighted by Gasteiger charge is -2.33. The van der Waals surface area contributed by atoms with E-state index in [4.69, 9.17) is 4.42 Å². The lowest BCUT2D eigenvalue weighted by atomic mass is 10.0. The summed E-state index contributed by atoms with van der Waals surface area (Å²) in [6.07, 6.45) is 1.45. The first-order chi connectivity index (χ1) is 16.9. The van der Waals surface area contributed by atoms with Crippen molar-refractivity contribution in [3.63, 3.8) is 0 Å². The van der Waals surface area contributed by atoms with Crippen molar-refractivity contribution in [2.24, 2.45) is 0 Å². The molecule has 3 aromatic rings. The van der Waals surface area contributed by atoms with Crippen molar-refractivity contribution >= 4 is 11.8 Å². The van der Waals surface area contributed by atoms with E-state index in [1.165, 1.54) is 23.0 Å². The summed E-state index contributed by atoms with van der Waals surface area (Å²) < 4.78 is 5.73. The normalized spacial score (nSPS) is 14.1. The van der Waals surface area contributed by atoms with E-state index in [0.717, 1.165) is 13.1 Å². The Labute approximate surface area is 207 Å². The van der Waals surface area contributed by atoms with Crippen molar-refractivity contribution in [2.45, 2.75) is 46.3 Å². The highest BCUT2D eigenvalue weighted by Gasteiger charge is 2.25. The van der Waals surface area contributed by atoms with Gasteiger partial charge in [0.05, 0.1) is 6.54 Å². The van der Waals surface area contributed by atoms with Crippen LogP contribution in [-0.4, -0.2) is 57.7 Å². The van der Waals surface area contributed by atoms with Crippen LogP contribution in [0.5, 0.6) is 0 Å². The summed E-state index contributed by atoms with van der Waals surface area (Å²) in [6, 6.07) is 19.1. The van der Waals surface area contributed by atoms with Gasteiger partial charge in [-0.25, -0.2) is 4.98 Å². The van der Waals surface area contributed by atoms with Crippen molar-refractivity contribution in [1.82, 2.24) is 19.7 Å². The summed E-state index contributed by atoms with van der Waals surface area (Å²) in [5.41, 5.74) is 4.06. The highest BCUT2D eigenvalue weighted by atomic mass is 16.3. The van der Waals surface area contributed by atoms with Gasteiger partial charge in [0.25, 0.3) is 5.91 Å². The van der Waals surface area contributed by atoms with Crippen molar-refractivity contribution in [1.29, 1.82) is 0 Å². The van der Waals surface area contributed by atoms with Crippen LogP contribution in [0, 0.1) is 0 Å². The molecule has 0 radical (unpaired) electrons. The van der Waals surface area contributed by atoms with E-state index in [1.807, 2.05) is 18.2 Å². The summed E-state index contributed by atoms with van der Waals surface area (Å²) in [5, 5.41) is 0. The zero-order valence-electron chi connectivity index (χ0n) is 20.8. The molecular formula is C28H34N4O3. The molecule has 1 saturated heterocycles. The summed E-state index contributed by atoms with van der Waals surface area (Å²) in [7, 11) is 0. The molecule has 2 heterocycles. The molecule has 0 unspecified atom stereocenters. The van der Waals surface area contributed by atoms with Crippen molar-refractivity contribution < 1.29 is 14.0 Å². The maximum absolute atomic E-state index is 12.9. The van der Waals surface area contributed by atoms with Crippen LogP contribution in [-0.2, 0) is 24.4 Å². The lowest BCUT2D eigenvalue weighted by Crippen LogP contribution is -2.50. The molecule has 1 aliphatic rings. The summed E-state index contributed by atoms with van der Waals surface area (Å²) >= 11 is 0. The third-order valence-corrected chi connectivity index (χ3v) is 6.44. The summed E-state index contributed by atoms with van der Waals surface area (Å²) in [5.74, 6) is 0.906. The minimum atomic E-state index is -0.151. The van der Waals surface area contributed by atoms with Crippen LogP contribution in [0.15, 0.2) is 65.3 Å². The third kappa shape index (κ3) is 6.57. The number of oxazole rings is 1. The van der Waals surface area contributed by atoms with Crippen LogP contribution < -0.4 is 0 Å². The Morgan fingerprint density at radius 3 is 2.09 bits per heavy atom. The fourth-order valence-corrected chi connectivity index (χ4v) is 4.33. The molecule has 7 heteroatoms. The maximum Gasteiger partial charge on any atom is 0.275 e. The molecule has 1 aromatic heterocycles. The average molecular weight is 475 g/mol. The molecule has 184 valence electrons. The summed E-state index contributed by atoms with van der Waals surface area (Å²) in [4.78, 5) is 34.8. The van der Waals surface area contributed by atoms with Gasteiger partial charge in [-0.15, -0.1) is 0 Å². The van der Waals surface area contributed by atoms with Gasteiger partial charge in [0.2, 0.25) is 11.8 Å². The largest absolute Gasteiger partial charge is 0.447 e. The molecule has 35 heavy (non-hydrogen) atoms. The zero-order chi connectivity index (χ0) is 24.8. The summed E-state index contributed by atoms with van der Waals surface area (Å²) in [6.45, 7) is 10.0. The van der Waals surface area contributed by atoms with E-state index in [9.17, 15) is 9.59 Å². The van der Waals surface area contributed by atoms with E-state index in [1.54, 1.807) is 16.7 Å². The number of nitrogens with zero attached hydrogens (tertiary/aromatic N) is 4. The number of carbonyl (C=O) groups excluding carboxylic acids is 2. The van der Waals surface area contributed by atoms with Crippen LogP contribution in [0.2, 0.25) is 0 Å². The Balaban J connectivity index is 1.44. The highest BCUT2D eigenvalue weighted by Crippen LogP contribution is 2.19. The number of benzene rings is 2. The maximum atomic E-state index is 12.9. The quantitative estimate of drug-likeness (QED) is 0.487. The van der Waals surface area contributed by atoms with E-state index in [-0.39, 0.29) is 11.8 Å². The second-order valence-corrected chi connectivity index (χ2v) is 9.45. The number of amides is 2. The standard InChI is InChI=1S/C28H34N4O3/c1-21(2)25-11-9-24(10-12-25)18-30(17-23-7-5-4-6-8-23)19-27-29-26(20-35-27)28(34)32-15-13-31(14-16-32)22(3)33/h4-12,20-21H,13-19H2,1-3H3. The molecule has 0 atom stereocenters. The van der Waals surface area contributed by atoms with E-state index in [2.05, 4.69) is 60.1 Å². The second kappa shape index (κ2) is 11.3. The van der Waals surface area contributed by atoms with Gasteiger partial charge in [0.1, 0.15) is 6.26 Å². The van der Waals surface area contributed by atoms with Crippen LogP contribution >= 0.6 is 0 Å². The predicted molar refractivity (Wildman–Crippen MR) is 135 cm³/mol. The minimum absolute atomic E-state index is 0.0400. The van der Waals surface area contributed by atoms with E-state index >= 15 is 0 Å². The molecule has 1 fully saturated rings. The first-order valence-corrected chi connectivity index (χ1v) is 12.2. The lowest BCUT2D eigenvalue weighted by molar-refractivity contribution is -0.130. The number of hydrogen-bond acceptors (Lipinski definition) is 5. The molecule has 0 bridgehead atoms. The highest BCUT2D eigenvalue weighted by molar-refractivity contribution is 5.92. The Hall–Kier alpha value is -3.45. The first-order valence-electron chi connectivity index (χ1n) is 12.2. The molecule has 0 spiro atoms. The Morgan fingerprint density at radius 2 is 1.49 bits per heavy atom. The fourth-order valence-electron chi connectivity index (χ4n) is 4.33. The van der Waals surface area contributed by atoms with Gasteiger partial charge in [0.15, 0.2) is 5.69 Å². The van der Waals surface area contributed by atoms with E-state index < -0.39 is 0 Å². The Bertz CT molecular complexity index is 1120. The molecule has 4 rings (SSSR count).